The smallest absolute Gasteiger partial charge is 0.226 e. The molecule has 3 N–H and O–H groups in total. The van der Waals surface area contributed by atoms with E-state index in [1.165, 1.54) is 0 Å². The molecule has 1 aliphatic heterocycles. The van der Waals surface area contributed by atoms with E-state index in [4.69, 9.17) is 0 Å². The van der Waals surface area contributed by atoms with Gasteiger partial charge in [-0.15, -0.1) is 0 Å². The summed E-state index contributed by atoms with van der Waals surface area (Å²) in [5, 5.41) is 12.7. The van der Waals surface area contributed by atoms with E-state index in [0.29, 0.717) is 18.1 Å². The average molecular weight is 248 g/mol. The molecule has 7 nitrogen and oxygen atoms in total. The molecule has 7 heteroatoms. The highest BCUT2D eigenvalue weighted by Gasteiger charge is 2.24. The molecule has 2 aromatic heterocycles. The number of aromatic amines is 1. The predicted octanol–water partition coefficient (Wildman–Crippen LogP) is 0.356. The van der Waals surface area contributed by atoms with Crippen molar-refractivity contribution in [3.8, 4) is 0 Å². The summed E-state index contributed by atoms with van der Waals surface area (Å²) in [5.41, 5.74) is 1.48. The van der Waals surface area contributed by atoms with Crippen molar-refractivity contribution in [2.75, 3.05) is 29.9 Å². The van der Waals surface area contributed by atoms with Gasteiger partial charge in [0, 0.05) is 19.6 Å². The van der Waals surface area contributed by atoms with Gasteiger partial charge in [-0.2, -0.15) is 9.97 Å². The van der Waals surface area contributed by atoms with Crippen LogP contribution in [0.4, 0.5) is 11.8 Å². The Morgan fingerprint density at radius 3 is 3.17 bits per heavy atom. The summed E-state index contributed by atoms with van der Waals surface area (Å²) in [5.74, 6) is 1.39. The molecule has 0 aromatic carbocycles. The number of hydrogen-bond donors (Lipinski definition) is 3. The molecule has 96 valence electrons. The number of imidazole rings is 1. The molecule has 1 unspecified atom stereocenters. The number of nitrogens with zero attached hydrogens (tertiary/aromatic N) is 4. The van der Waals surface area contributed by atoms with Crippen LogP contribution in [0.25, 0.3) is 11.2 Å². The Morgan fingerprint density at radius 2 is 2.44 bits per heavy atom. The number of aliphatic hydroxyl groups is 1. The van der Waals surface area contributed by atoms with Gasteiger partial charge in [-0.3, -0.25) is 0 Å². The van der Waals surface area contributed by atoms with Gasteiger partial charge in [0.2, 0.25) is 5.95 Å². The second-order valence-corrected chi connectivity index (χ2v) is 4.39. The van der Waals surface area contributed by atoms with Crippen LogP contribution in [0, 0.1) is 0 Å². The van der Waals surface area contributed by atoms with Gasteiger partial charge in [-0.25, -0.2) is 4.98 Å². The van der Waals surface area contributed by atoms with E-state index in [0.717, 1.165) is 30.8 Å². The summed E-state index contributed by atoms with van der Waals surface area (Å²) in [6.45, 7) is 4.17. The zero-order valence-electron chi connectivity index (χ0n) is 10.2. The van der Waals surface area contributed by atoms with Crippen molar-refractivity contribution in [1.29, 1.82) is 0 Å². The maximum atomic E-state index is 9.63. The first kappa shape index (κ1) is 11.2. The quantitative estimate of drug-likeness (QED) is 0.726. The van der Waals surface area contributed by atoms with Crippen molar-refractivity contribution in [2.45, 2.75) is 19.4 Å². The van der Waals surface area contributed by atoms with E-state index in [1.54, 1.807) is 6.33 Å². The predicted molar refractivity (Wildman–Crippen MR) is 68.7 cm³/mol. The first-order chi connectivity index (χ1) is 8.78. The van der Waals surface area contributed by atoms with Gasteiger partial charge >= 0.3 is 0 Å². The number of β-amino-alcohol motifs (C(OH)–C–C–N with tert-alkyl or cyclic N) is 1. The topological polar surface area (TPSA) is 90.0 Å². The van der Waals surface area contributed by atoms with E-state index in [1.807, 2.05) is 6.92 Å². The number of aromatic nitrogens is 4. The number of nitrogens with one attached hydrogen (secondary N) is 2. The van der Waals surface area contributed by atoms with Crippen LogP contribution in [0.2, 0.25) is 0 Å². The van der Waals surface area contributed by atoms with Gasteiger partial charge in [0.15, 0.2) is 11.5 Å². The normalized spacial score (nSPS) is 19.7. The van der Waals surface area contributed by atoms with E-state index < -0.39 is 0 Å². The van der Waals surface area contributed by atoms with E-state index >= 15 is 0 Å². The summed E-state index contributed by atoms with van der Waals surface area (Å²) in [6, 6.07) is 0. The molecular formula is C11H16N6O. The van der Waals surface area contributed by atoms with E-state index in [-0.39, 0.29) is 6.10 Å². The fraction of sp³-hybridized carbons (Fsp3) is 0.545. The van der Waals surface area contributed by atoms with Crippen LogP contribution in [-0.2, 0) is 0 Å². The molecule has 0 bridgehead atoms. The Bertz CT molecular complexity index is 553. The van der Waals surface area contributed by atoms with Crippen molar-refractivity contribution >= 4 is 22.9 Å². The third kappa shape index (κ3) is 1.86. The van der Waals surface area contributed by atoms with Gasteiger partial charge in [-0.1, -0.05) is 0 Å². The molecule has 0 aliphatic carbocycles. The van der Waals surface area contributed by atoms with Gasteiger partial charge in [0.25, 0.3) is 0 Å². The maximum Gasteiger partial charge on any atom is 0.226 e. The average Bonchev–Trinajstić information content (AvgIpc) is 2.97. The van der Waals surface area contributed by atoms with Crippen molar-refractivity contribution in [1.82, 2.24) is 19.9 Å². The lowest BCUT2D eigenvalue weighted by Gasteiger charge is -2.17. The first-order valence-electron chi connectivity index (χ1n) is 6.16. The lowest BCUT2D eigenvalue weighted by Crippen LogP contribution is -2.23. The minimum atomic E-state index is -0.277. The molecule has 3 rings (SSSR count). The number of aliphatic hydroxyl groups excluding tert-OH is 1. The largest absolute Gasteiger partial charge is 0.391 e. The molecule has 1 fully saturated rings. The van der Waals surface area contributed by atoms with Gasteiger partial charge < -0.3 is 20.3 Å². The van der Waals surface area contributed by atoms with Crippen molar-refractivity contribution in [2.24, 2.45) is 0 Å². The third-order valence-corrected chi connectivity index (χ3v) is 3.06. The summed E-state index contributed by atoms with van der Waals surface area (Å²) in [6.07, 6.45) is 2.11. The number of H-pyrrole nitrogens is 1. The van der Waals surface area contributed by atoms with Gasteiger partial charge in [-0.05, 0) is 13.3 Å². The highest BCUT2D eigenvalue weighted by Crippen LogP contribution is 2.25. The summed E-state index contributed by atoms with van der Waals surface area (Å²) < 4.78 is 0. The Balaban J connectivity index is 2.05. The lowest BCUT2D eigenvalue weighted by atomic mass is 10.3. The third-order valence-electron chi connectivity index (χ3n) is 3.06. The Kier molecular flexibility index (Phi) is 2.75. The van der Waals surface area contributed by atoms with E-state index in [2.05, 4.69) is 30.2 Å². The van der Waals surface area contributed by atoms with Crippen LogP contribution < -0.4 is 10.2 Å². The zero-order valence-corrected chi connectivity index (χ0v) is 10.2. The van der Waals surface area contributed by atoms with Crippen molar-refractivity contribution in [3.05, 3.63) is 6.33 Å². The van der Waals surface area contributed by atoms with Crippen LogP contribution in [0.15, 0.2) is 6.33 Å². The summed E-state index contributed by atoms with van der Waals surface area (Å²) >= 11 is 0. The maximum absolute atomic E-state index is 9.63. The zero-order chi connectivity index (χ0) is 12.5. The number of rotatable bonds is 3. The molecule has 3 heterocycles. The molecule has 0 spiro atoms. The molecular weight excluding hydrogens is 232 g/mol. The molecule has 2 aromatic rings. The monoisotopic (exact) mass is 248 g/mol. The summed E-state index contributed by atoms with van der Waals surface area (Å²) in [4.78, 5) is 18.1. The van der Waals surface area contributed by atoms with Crippen molar-refractivity contribution in [3.63, 3.8) is 0 Å². The van der Waals surface area contributed by atoms with Gasteiger partial charge in [0.1, 0.15) is 5.52 Å². The Hall–Kier alpha value is -1.89. The molecule has 0 amide bonds. The van der Waals surface area contributed by atoms with Crippen LogP contribution in [-0.4, -0.2) is 50.8 Å². The fourth-order valence-corrected chi connectivity index (χ4v) is 2.22. The molecule has 1 atom stereocenters. The molecule has 0 radical (unpaired) electrons. The van der Waals surface area contributed by atoms with Gasteiger partial charge in [0.05, 0.1) is 12.4 Å². The van der Waals surface area contributed by atoms with Crippen LogP contribution in [0.5, 0.6) is 0 Å². The molecule has 18 heavy (non-hydrogen) atoms. The van der Waals surface area contributed by atoms with Crippen LogP contribution >= 0.6 is 0 Å². The highest BCUT2D eigenvalue weighted by molar-refractivity contribution is 5.84. The minimum Gasteiger partial charge on any atom is -0.391 e. The minimum absolute atomic E-state index is 0.277. The fourth-order valence-electron chi connectivity index (χ4n) is 2.22. The number of hydrogen-bond acceptors (Lipinski definition) is 6. The lowest BCUT2D eigenvalue weighted by molar-refractivity contribution is 0.198. The molecule has 1 saturated heterocycles. The SMILES string of the molecule is CCNc1nc(N2CCC(O)C2)c2[nH]cnc2n1. The standard InChI is InChI=1S/C11H16N6O/c1-2-12-11-15-9-8(13-6-14-9)10(16-11)17-4-3-7(18)5-17/h6-7,18H,2-5H2,1H3,(H2,12,13,14,15,16). The van der Waals surface area contributed by atoms with Crippen LogP contribution in [0.1, 0.15) is 13.3 Å². The number of fused-ring (bicyclic) bond motifs is 1. The molecule has 0 saturated carbocycles. The number of anilines is 2. The molecule has 1 aliphatic rings. The Morgan fingerprint density at radius 1 is 1.56 bits per heavy atom. The Labute approximate surface area is 104 Å². The first-order valence-corrected chi connectivity index (χ1v) is 6.16. The second-order valence-electron chi connectivity index (χ2n) is 4.39. The summed E-state index contributed by atoms with van der Waals surface area (Å²) in [7, 11) is 0. The highest BCUT2D eigenvalue weighted by atomic mass is 16.3. The van der Waals surface area contributed by atoms with E-state index in [9.17, 15) is 5.11 Å². The second kappa shape index (κ2) is 4.41. The van der Waals surface area contributed by atoms with Crippen molar-refractivity contribution < 1.29 is 5.11 Å². The van der Waals surface area contributed by atoms with Crippen LogP contribution in [0.3, 0.4) is 0 Å².